The van der Waals surface area contributed by atoms with E-state index in [2.05, 4.69) is 36.6 Å². The number of allylic oxidation sites excluding steroid dienone is 2. The second-order valence-electron chi connectivity index (χ2n) is 5.86. The Balaban J connectivity index is 1.89. The van der Waals surface area contributed by atoms with E-state index in [0.29, 0.717) is 11.1 Å². The lowest BCUT2D eigenvalue weighted by molar-refractivity contribution is -0.358. The first kappa shape index (κ1) is 18.5. The van der Waals surface area contributed by atoms with Crippen molar-refractivity contribution in [2.45, 2.75) is 6.36 Å². The van der Waals surface area contributed by atoms with Gasteiger partial charge in [0.2, 0.25) is 4.62 Å². The molecule has 0 radical (unpaired) electrons. The normalized spacial score (nSPS) is 18.0. The van der Waals surface area contributed by atoms with Crippen molar-refractivity contribution in [2.75, 3.05) is 0 Å². The zero-order chi connectivity index (χ0) is 19.6. The van der Waals surface area contributed by atoms with Gasteiger partial charge in [0.1, 0.15) is 5.75 Å². The van der Waals surface area contributed by atoms with E-state index in [-0.39, 0.29) is 26.4 Å². The molecule has 1 aromatic heterocycles. The molecule has 3 heterocycles. The highest BCUT2D eigenvalue weighted by Crippen LogP contribution is 2.42. The molecule has 0 bridgehead atoms. The number of aromatic nitrogens is 1. The molecule has 0 N–H and O–H groups in total. The highest BCUT2D eigenvalue weighted by Gasteiger charge is 2.54. The summed E-state index contributed by atoms with van der Waals surface area (Å²) < 4.78 is 73.3. The molecule has 0 atom stereocenters. The van der Waals surface area contributed by atoms with E-state index in [0.717, 1.165) is 21.1 Å². The highest BCUT2D eigenvalue weighted by molar-refractivity contribution is 9.18. The lowest BCUT2D eigenvalue weighted by Gasteiger charge is -2.32. The van der Waals surface area contributed by atoms with Crippen molar-refractivity contribution >= 4 is 49.0 Å². The summed E-state index contributed by atoms with van der Waals surface area (Å²) in [6, 6.07) is 8.16. The second kappa shape index (κ2) is 6.06. The molecule has 0 fully saturated rings. The average molecular weight is 510 g/mol. The topological polar surface area (TPSA) is 17.2 Å². The minimum absolute atomic E-state index is 0.197. The summed E-state index contributed by atoms with van der Waals surface area (Å²) in [5.41, 5.74) is 1.47. The summed E-state index contributed by atoms with van der Waals surface area (Å²) in [6.45, 7) is -4.15. The number of rotatable bonds is 2. The van der Waals surface area contributed by atoms with Gasteiger partial charge in [-0.2, -0.15) is 0 Å². The van der Waals surface area contributed by atoms with Crippen LogP contribution in [0.5, 0.6) is 5.75 Å². The molecular formula is C16H8BBr2F5N2O. The SMILES string of the molecule is F[B-]1(F)n2c(Br)ccc2C(c2ccc(OC(F)(F)F)cc2)=C2C=CC(Br)=[N+]21. The first-order valence-corrected chi connectivity index (χ1v) is 9.18. The molecule has 0 spiro atoms. The highest BCUT2D eigenvalue weighted by atomic mass is 79.9. The molecule has 140 valence electrons. The summed E-state index contributed by atoms with van der Waals surface area (Å²) in [4.78, 5) is 0. The quantitative estimate of drug-likeness (QED) is 0.385. The van der Waals surface area contributed by atoms with Crippen LogP contribution in [0.2, 0.25) is 0 Å². The van der Waals surface area contributed by atoms with E-state index in [4.69, 9.17) is 0 Å². The van der Waals surface area contributed by atoms with E-state index in [1.54, 1.807) is 12.1 Å². The molecule has 1 aromatic carbocycles. The zero-order valence-electron chi connectivity index (χ0n) is 13.1. The molecule has 0 saturated carbocycles. The third-order valence-electron chi connectivity index (χ3n) is 4.25. The van der Waals surface area contributed by atoms with Crippen molar-refractivity contribution in [1.82, 2.24) is 4.48 Å². The van der Waals surface area contributed by atoms with Crippen LogP contribution in [0.4, 0.5) is 21.8 Å². The monoisotopic (exact) mass is 508 g/mol. The number of halogens is 7. The predicted molar refractivity (Wildman–Crippen MR) is 98.0 cm³/mol. The van der Waals surface area contributed by atoms with Gasteiger partial charge in [-0.25, -0.2) is 0 Å². The van der Waals surface area contributed by atoms with Gasteiger partial charge >= 0.3 is 13.3 Å². The Kier molecular flexibility index (Phi) is 4.15. The molecule has 2 aliphatic rings. The number of ether oxygens (including phenoxy) is 1. The van der Waals surface area contributed by atoms with Crippen molar-refractivity contribution in [3.05, 3.63) is 70.1 Å². The van der Waals surface area contributed by atoms with Crippen molar-refractivity contribution in [2.24, 2.45) is 0 Å². The van der Waals surface area contributed by atoms with Gasteiger partial charge in [0, 0.05) is 33.8 Å². The van der Waals surface area contributed by atoms with Crippen LogP contribution in [0.25, 0.3) is 5.57 Å². The number of hydrogen-bond acceptors (Lipinski definition) is 1. The van der Waals surface area contributed by atoms with Gasteiger partial charge in [-0.05, 0) is 45.8 Å². The predicted octanol–water partition coefficient (Wildman–Crippen LogP) is 5.52. The second-order valence-corrected chi connectivity index (χ2v) is 7.48. The fraction of sp³-hybridized carbons (Fsp3) is 0.0625. The molecule has 11 heteroatoms. The van der Waals surface area contributed by atoms with Crippen molar-refractivity contribution in [3.63, 3.8) is 0 Å². The van der Waals surface area contributed by atoms with E-state index >= 15 is 8.63 Å². The molecule has 0 amide bonds. The smallest absolute Gasteiger partial charge is 0.406 e. The van der Waals surface area contributed by atoms with Gasteiger partial charge < -0.3 is 22.3 Å². The first-order chi connectivity index (χ1) is 12.6. The average Bonchev–Trinajstić information content (AvgIpc) is 3.13. The Morgan fingerprint density at radius 2 is 1.63 bits per heavy atom. The van der Waals surface area contributed by atoms with Crippen LogP contribution < -0.4 is 4.74 Å². The van der Waals surface area contributed by atoms with Crippen molar-refractivity contribution in [1.29, 1.82) is 0 Å². The zero-order valence-corrected chi connectivity index (χ0v) is 16.3. The Labute approximate surface area is 166 Å². The largest absolute Gasteiger partial charge is 0.738 e. The summed E-state index contributed by atoms with van der Waals surface area (Å²) in [5.74, 6) is -0.384. The van der Waals surface area contributed by atoms with Gasteiger partial charge in [0.25, 0.3) is 0 Å². The lowest BCUT2D eigenvalue weighted by Crippen LogP contribution is -2.50. The van der Waals surface area contributed by atoms with Crippen LogP contribution in [0.3, 0.4) is 0 Å². The molecule has 0 saturated heterocycles. The first-order valence-electron chi connectivity index (χ1n) is 7.59. The minimum atomic E-state index is -4.80. The van der Waals surface area contributed by atoms with Crippen LogP contribution in [0, 0.1) is 0 Å². The van der Waals surface area contributed by atoms with Crippen LogP contribution in [-0.4, -0.2) is 26.9 Å². The maximum Gasteiger partial charge on any atom is 0.738 e. The van der Waals surface area contributed by atoms with E-state index in [9.17, 15) is 13.2 Å². The van der Waals surface area contributed by atoms with Gasteiger partial charge in [0.15, 0.2) is 5.70 Å². The third kappa shape index (κ3) is 2.96. The Morgan fingerprint density at radius 3 is 2.26 bits per heavy atom. The molecule has 2 aromatic rings. The number of nitrogens with zero attached hydrogens (tertiary/aromatic N) is 2. The standard InChI is InChI=1S/C16H8BBr2F5N2O/c18-13-7-5-11-15(9-1-3-10(4-2-9)27-16(20,21)22)12-6-8-14(19)26(12)17(23,24)25(11)13/h1-8H. The summed E-state index contributed by atoms with van der Waals surface area (Å²) >= 11 is 6.30. The van der Waals surface area contributed by atoms with Gasteiger partial charge in [-0.15, -0.1) is 13.2 Å². The van der Waals surface area contributed by atoms with Gasteiger partial charge in [-0.1, -0.05) is 12.1 Å². The molecule has 27 heavy (non-hydrogen) atoms. The van der Waals surface area contributed by atoms with E-state index < -0.39 is 13.3 Å². The number of hydrogen-bond donors (Lipinski definition) is 0. The number of alkyl halides is 3. The van der Waals surface area contributed by atoms with Gasteiger partial charge in [0.05, 0.1) is 10.2 Å². The summed E-state index contributed by atoms with van der Waals surface area (Å²) in [6.07, 6.45) is -1.75. The maximum absolute atomic E-state index is 15.1. The van der Waals surface area contributed by atoms with Crippen LogP contribution in [0.15, 0.2) is 58.9 Å². The van der Waals surface area contributed by atoms with E-state index in [1.807, 2.05) is 0 Å². The van der Waals surface area contributed by atoms with Gasteiger partial charge in [-0.3, -0.25) is 0 Å². The lowest BCUT2D eigenvalue weighted by atomic mass is 9.86. The molecular weight excluding hydrogens is 502 g/mol. The maximum atomic E-state index is 15.1. The van der Waals surface area contributed by atoms with Crippen LogP contribution >= 0.6 is 31.9 Å². The fourth-order valence-electron chi connectivity index (χ4n) is 3.25. The van der Waals surface area contributed by atoms with Crippen LogP contribution in [0.1, 0.15) is 11.3 Å². The van der Waals surface area contributed by atoms with E-state index in [1.165, 1.54) is 24.3 Å². The minimum Gasteiger partial charge on any atom is -0.406 e. The molecule has 2 aliphatic heterocycles. The molecule has 0 unspecified atom stereocenters. The Hall–Kier alpha value is -1.88. The summed E-state index contributed by atoms with van der Waals surface area (Å²) in [7, 11) is 0. The fourth-order valence-corrected chi connectivity index (χ4v) is 4.39. The third-order valence-corrected chi connectivity index (χ3v) is 5.54. The number of fused-ring (bicyclic) bond motifs is 2. The molecule has 0 aliphatic carbocycles. The Morgan fingerprint density at radius 1 is 0.963 bits per heavy atom. The number of benzene rings is 1. The van der Waals surface area contributed by atoms with Crippen molar-refractivity contribution < 1.29 is 31.0 Å². The summed E-state index contributed by atoms with van der Waals surface area (Å²) in [5, 5.41) is 0. The van der Waals surface area contributed by atoms with Crippen molar-refractivity contribution in [3.8, 4) is 5.75 Å². The Bertz CT molecular complexity index is 1040. The van der Waals surface area contributed by atoms with Crippen LogP contribution in [-0.2, 0) is 0 Å². The molecule has 3 nitrogen and oxygen atoms in total. The molecule has 4 rings (SSSR count).